The zero-order valence-electron chi connectivity index (χ0n) is 9.08. The molecule has 0 radical (unpaired) electrons. The average Bonchev–Trinajstić information content (AvgIpc) is 2.78. The van der Waals surface area contributed by atoms with Crippen LogP contribution in [0.15, 0.2) is 34.9 Å². The SMILES string of the molecule is O=C(Cn1cc(C(=O)O)nn1)c1ccc(Br)cc1. The second kappa shape index (κ2) is 5.09. The van der Waals surface area contributed by atoms with Crippen molar-refractivity contribution in [3.8, 4) is 0 Å². The Hall–Kier alpha value is -2.02. The van der Waals surface area contributed by atoms with Crippen LogP contribution in [0.1, 0.15) is 20.8 Å². The van der Waals surface area contributed by atoms with Crippen LogP contribution in [0.2, 0.25) is 0 Å². The Kier molecular flexibility index (Phi) is 3.52. The molecule has 1 N–H and O–H groups in total. The van der Waals surface area contributed by atoms with Crippen molar-refractivity contribution in [2.45, 2.75) is 6.54 Å². The van der Waals surface area contributed by atoms with Gasteiger partial charge in [0.1, 0.15) is 6.54 Å². The van der Waals surface area contributed by atoms with E-state index in [2.05, 4.69) is 26.2 Å². The predicted octanol–water partition coefficient (Wildman–Crippen LogP) is 1.62. The minimum absolute atomic E-state index is 0.0398. The molecule has 0 aliphatic heterocycles. The van der Waals surface area contributed by atoms with Gasteiger partial charge in [0.2, 0.25) is 0 Å². The first-order chi connectivity index (χ1) is 8.56. The predicted molar refractivity (Wildman–Crippen MR) is 65.5 cm³/mol. The number of Topliss-reactive ketones (excluding diaryl/α,β-unsaturated/α-hetero) is 1. The number of carbonyl (C=O) groups is 2. The molecule has 0 atom stereocenters. The zero-order valence-corrected chi connectivity index (χ0v) is 10.7. The van der Waals surface area contributed by atoms with Crippen LogP contribution in [0.3, 0.4) is 0 Å². The van der Waals surface area contributed by atoms with E-state index in [0.717, 1.165) is 4.47 Å². The summed E-state index contributed by atoms with van der Waals surface area (Å²) in [6.45, 7) is -0.0398. The van der Waals surface area contributed by atoms with Gasteiger partial charge in [-0.3, -0.25) is 4.79 Å². The highest BCUT2D eigenvalue weighted by Crippen LogP contribution is 2.11. The molecule has 0 aliphatic carbocycles. The second-order valence-electron chi connectivity index (χ2n) is 3.54. The summed E-state index contributed by atoms with van der Waals surface area (Å²) in [4.78, 5) is 22.5. The third-order valence-electron chi connectivity index (χ3n) is 2.23. The lowest BCUT2D eigenvalue weighted by atomic mass is 10.1. The minimum Gasteiger partial charge on any atom is -0.476 e. The number of carboxylic acids is 1. The smallest absolute Gasteiger partial charge is 0.358 e. The maximum atomic E-state index is 11.9. The molecule has 0 saturated heterocycles. The Morgan fingerprint density at radius 1 is 1.28 bits per heavy atom. The van der Waals surface area contributed by atoms with Gasteiger partial charge in [-0.25, -0.2) is 9.48 Å². The number of rotatable bonds is 4. The number of hydrogen-bond donors (Lipinski definition) is 1. The Bertz CT molecular complexity index is 592. The third kappa shape index (κ3) is 2.80. The molecule has 2 rings (SSSR count). The number of hydrogen-bond acceptors (Lipinski definition) is 4. The Morgan fingerprint density at radius 3 is 2.50 bits per heavy atom. The van der Waals surface area contributed by atoms with Crippen LogP contribution in [0, 0.1) is 0 Å². The van der Waals surface area contributed by atoms with E-state index in [-0.39, 0.29) is 18.0 Å². The first kappa shape index (κ1) is 12.4. The molecule has 92 valence electrons. The summed E-state index contributed by atoms with van der Waals surface area (Å²) in [5.41, 5.74) is 0.351. The van der Waals surface area contributed by atoms with E-state index in [1.54, 1.807) is 24.3 Å². The number of halogens is 1. The number of benzene rings is 1. The minimum atomic E-state index is -1.17. The van der Waals surface area contributed by atoms with E-state index in [9.17, 15) is 9.59 Å². The largest absolute Gasteiger partial charge is 0.476 e. The summed E-state index contributed by atoms with van der Waals surface area (Å²) < 4.78 is 2.08. The van der Waals surface area contributed by atoms with Crippen molar-refractivity contribution < 1.29 is 14.7 Å². The van der Waals surface area contributed by atoms with Crippen LogP contribution < -0.4 is 0 Å². The van der Waals surface area contributed by atoms with E-state index in [1.165, 1.54) is 10.9 Å². The summed E-state index contributed by atoms with van der Waals surface area (Å²) in [6.07, 6.45) is 1.22. The molecule has 0 aliphatic rings. The van der Waals surface area contributed by atoms with Gasteiger partial charge >= 0.3 is 5.97 Å². The van der Waals surface area contributed by atoms with Gasteiger partial charge in [-0.1, -0.05) is 33.3 Å². The lowest BCUT2D eigenvalue weighted by Crippen LogP contribution is -2.11. The normalized spacial score (nSPS) is 10.3. The van der Waals surface area contributed by atoms with Crippen LogP contribution >= 0.6 is 15.9 Å². The molecule has 0 amide bonds. The van der Waals surface area contributed by atoms with Crippen molar-refractivity contribution in [1.29, 1.82) is 0 Å². The number of nitrogens with zero attached hydrogens (tertiary/aromatic N) is 3. The van der Waals surface area contributed by atoms with E-state index in [1.807, 2.05) is 0 Å². The molecule has 0 spiro atoms. The number of carbonyl (C=O) groups excluding carboxylic acids is 1. The fraction of sp³-hybridized carbons (Fsp3) is 0.0909. The first-order valence-corrected chi connectivity index (χ1v) is 5.78. The van der Waals surface area contributed by atoms with Crippen LogP contribution in [0.25, 0.3) is 0 Å². The van der Waals surface area contributed by atoms with E-state index in [4.69, 9.17) is 5.11 Å². The van der Waals surface area contributed by atoms with Crippen molar-refractivity contribution >= 4 is 27.7 Å². The molecule has 7 heteroatoms. The van der Waals surface area contributed by atoms with Gasteiger partial charge in [-0.05, 0) is 12.1 Å². The molecule has 0 bridgehead atoms. The molecular formula is C11H8BrN3O3. The maximum absolute atomic E-state index is 11.9. The van der Waals surface area contributed by atoms with Gasteiger partial charge in [-0.2, -0.15) is 0 Å². The Morgan fingerprint density at radius 2 is 1.94 bits per heavy atom. The third-order valence-corrected chi connectivity index (χ3v) is 2.76. The molecule has 1 heterocycles. The summed E-state index contributed by atoms with van der Waals surface area (Å²) in [5.74, 6) is -1.33. The summed E-state index contributed by atoms with van der Waals surface area (Å²) in [5, 5.41) is 15.7. The number of aromatic carboxylic acids is 1. The highest BCUT2D eigenvalue weighted by molar-refractivity contribution is 9.10. The molecule has 0 unspecified atom stereocenters. The van der Waals surface area contributed by atoms with Gasteiger partial charge in [-0.15, -0.1) is 5.10 Å². The first-order valence-electron chi connectivity index (χ1n) is 4.98. The van der Waals surface area contributed by atoms with Crippen LogP contribution in [0.4, 0.5) is 0 Å². The van der Waals surface area contributed by atoms with Crippen LogP contribution in [0.5, 0.6) is 0 Å². The molecule has 0 fully saturated rings. The van der Waals surface area contributed by atoms with Gasteiger partial charge in [0.05, 0.1) is 6.20 Å². The lowest BCUT2D eigenvalue weighted by Gasteiger charge is -2.00. The summed E-state index contributed by atoms with van der Waals surface area (Å²) >= 11 is 3.28. The lowest BCUT2D eigenvalue weighted by molar-refractivity contribution is 0.0690. The topological polar surface area (TPSA) is 85.1 Å². The molecule has 1 aromatic carbocycles. The molecule has 1 aromatic heterocycles. The van der Waals surface area contributed by atoms with E-state index in [0.29, 0.717) is 5.56 Å². The highest BCUT2D eigenvalue weighted by atomic mass is 79.9. The molecular weight excluding hydrogens is 302 g/mol. The van der Waals surface area contributed by atoms with Gasteiger partial charge < -0.3 is 5.11 Å². The van der Waals surface area contributed by atoms with Crippen molar-refractivity contribution in [3.05, 3.63) is 46.2 Å². The Labute approximate surface area is 110 Å². The molecule has 18 heavy (non-hydrogen) atoms. The fourth-order valence-corrected chi connectivity index (χ4v) is 1.61. The van der Waals surface area contributed by atoms with Crippen LogP contribution in [-0.2, 0) is 6.54 Å². The van der Waals surface area contributed by atoms with Crippen molar-refractivity contribution in [1.82, 2.24) is 15.0 Å². The van der Waals surface area contributed by atoms with E-state index >= 15 is 0 Å². The number of carboxylic acid groups (broad SMARTS) is 1. The van der Waals surface area contributed by atoms with Gasteiger partial charge in [0.15, 0.2) is 11.5 Å². The maximum Gasteiger partial charge on any atom is 0.358 e. The highest BCUT2D eigenvalue weighted by Gasteiger charge is 2.11. The Balaban J connectivity index is 2.11. The molecule has 6 nitrogen and oxygen atoms in total. The summed E-state index contributed by atoms with van der Waals surface area (Å²) in [6, 6.07) is 6.89. The van der Waals surface area contributed by atoms with Crippen molar-refractivity contribution in [2.24, 2.45) is 0 Å². The van der Waals surface area contributed by atoms with Gasteiger partial charge in [0, 0.05) is 10.0 Å². The summed E-state index contributed by atoms with van der Waals surface area (Å²) in [7, 11) is 0. The quantitative estimate of drug-likeness (QED) is 0.867. The number of ketones is 1. The number of aromatic nitrogens is 3. The van der Waals surface area contributed by atoms with Crippen molar-refractivity contribution in [3.63, 3.8) is 0 Å². The van der Waals surface area contributed by atoms with Gasteiger partial charge in [0.25, 0.3) is 0 Å². The monoisotopic (exact) mass is 309 g/mol. The van der Waals surface area contributed by atoms with E-state index < -0.39 is 5.97 Å². The fourth-order valence-electron chi connectivity index (χ4n) is 1.35. The zero-order chi connectivity index (χ0) is 13.1. The van der Waals surface area contributed by atoms with Crippen LogP contribution in [-0.4, -0.2) is 31.9 Å². The molecule has 0 saturated carbocycles. The second-order valence-corrected chi connectivity index (χ2v) is 4.45. The van der Waals surface area contributed by atoms with Crippen molar-refractivity contribution in [2.75, 3.05) is 0 Å². The standard InChI is InChI=1S/C11H8BrN3O3/c12-8-3-1-7(2-4-8)10(16)6-15-5-9(11(17)18)13-14-15/h1-5H,6H2,(H,17,18). The average molecular weight is 310 g/mol. The molecule has 2 aromatic rings.